The Morgan fingerprint density at radius 1 is 0.778 bits per heavy atom. The molecule has 0 atom stereocenters. The number of benzene rings is 3. The van der Waals surface area contributed by atoms with Gasteiger partial charge in [-0.3, -0.25) is 9.69 Å². The number of hydrogen-bond acceptors (Lipinski definition) is 2. The fourth-order valence-corrected chi connectivity index (χ4v) is 3.79. The zero-order valence-electron chi connectivity index (χ0n) is 15.3. The third kappa shape index (κ3) is 4.09. The molecule has 27 heavy (non-hydrogen) atoms. The van der Waals surface area contributed by atoms with Gasteiger partial charge in [-0.25, -0.2) is 0 Å². The molecule has 0 saturated carbocycles. The van der Waals surface area contributed by atoms with Crippen LogP contribution in [-0.4, -0.2) is 18.5 Å². The number of amides is 1. The molecule has 0 bridgehead atoms. The molecule has 1 aliphatic rings. The van der Waals surface area contributed by atoms with Crippen LogP contribution in [0.3, 0.4) is 0 Å². The largest absolute Gasteiger partial charge is 0.313 e. The first-order valence-corrected chi connectivity index (χ1v) is 9.54. The summed E-state index contributed by atoms with van der Waals surface area (Å²) in [6.45, 7) is 0.688. The molecule has 1 aliphatic carbocycles. The van der Waals surface area contributed by atoms with Crippen molar-refractivity contribution in [1.29, 1.82) is 0 Å². The third-order valence-electron chi connectivity index (χ3n) is 5.10. The van der Waals surface area contributed by atoms with Crippen molar-refractivity contribution in [1.82, 2.24) is 5.32 Å². The average molecular weight is 356 g/mol. The Morgan fingerprint density at radius 3 is 1.78 bits per heavy atom. The number of nitrogens with zero attached hydrogens (tertiary/aromatic N) is 1. The molecule has 0 aliphatic heterocycles. The number of fused-ring (bicyclic) bond motifs is 1. The van der Waals surface area contributed by atoms with Gasteiger partial charge in [0.1, 0.15) is 0 Å². The maximum Gasteiger partial charge on any atom is 0.232 e. The second kappa shape index (κ2) is 8.19. The molecule has 0 fully saturated rings. The summed E-state index contributed by atoms with van der Waals surface area (Å²) in [5, 5.41) is 3.57. The highest BCUT2D eigenvalue weighted by Gasteiger charge is 2.22. The molecule has 0 radical (unpaired) electrons. The summed E-state index contributed by atoms with van der Waals surface area (Å²) in [6, 6.07) is 28.7. The average Bonchev–Trinajstić information content (AvgIpc) is 3.13. The fraction of sp³-hybridized carbons (Fsp3) is 0.208. The monoisotopic (exact) mass is 356 g/mol. The summed E-state index contributed by atoms with van der Waals surface area (Å²) >= 11 is 0. The highest BCUT2D eigenvalue weighted by molar-refractivity contribution is 6.00. The van der Waals surface area contributed by atoms with E-state index in [0.29, 0.717) is 19.0 Å². The molecular weight excluding hydrogens is 332 g/mol. The number of nitrogens with one attached hydrogen (secondary N) is 1. The normalized spacial score (nSPS) is 13.3. The zero-order valence-corrected chi connectivity index (χ0v) is 15.3. The quantitative estimate of drug-likeness (QED) is 0.705. The van der Waals surface area contributed by atoms with Crippen LogP contribution in [0.25, 0.3) is 0 Å². The molecule has 4 rings (SSSR count). The summed E-state index contributed by atoms with van der Waals surface area (Å²) in [5.41, 5.74) is 4.66. The molecule has 0 saturated heterocycles. The Kier molecular flexibility index (Phi) is 5.31. The summed E-state index contributed by atoms with van der Waals surface area (Å²) in [4.78, 5) is 14.8. The van der Waals surface area contributed by atoms with Gasteiger partial charge in [-0.2, -0.15) is 0 Å². The highest BCUT2D eigenvalue weighted by Crippen LogP contribution is 2.26. The van der Waals surface area contributed by atoms with E-state index in [1.807, 2.05) is 65.6 Å². The molecule has 0 spiro atoms. The predicted molar refractivity (Wildman–Crippen MR) is 110 cm³/mol. The molecule has 136 valence electrons. The Morgan fingerprint density at radius 2 is 1.26 bits per heavy atom. The minimum absolute atomic E-state index is 0.107. The first-order valence-electron chi connectivity index (χ1n) is 9.54. The van der Waals surface area contributed by atoms with Crippen molar-refractivity contribution in [3.63, 3.8) is 0 Å². The maximum absolute atomic E-state index is 13.0. The van der Waals surface area contributed by atoms with E-state index in [0.717, 1.165) is 24.2 Å². The van der Waals surface area contributed by atoms with E-state index in [1.54, 1.807) is 0 Å². The van der Waals surface area contributed by atoms with Crippen LogP contribution >= 0.6 is 0 Å². The van der Waals surface area contributed by atoms with Crippen LogP contribution in [0.2, 0.25) is 0 Å². The van der Waals surface area contributed by atoms with Gasteiger partial charge in [0.05, 0.1) is 0 Å². The van der Waals surface area contributed by atoms with Gasteiger partial charge in [-0.05, 0) is 48.2 Å². The van der Waals surface area contributed by atoms with Crippen molar-refractivity contribution in [3.05, 3.63) is 96.1 Å². The van der Waals surface area contributed by atoms with E-state index < -0.39 is 0 Å². The molecule has 3 nitrogen and oxygen atoms in total. The number of hydrogen-bond donors (Lipinski definition) is 1. The Bertz CT molecular complexity index is 828. The van der Waals surface area contributed by atoms with Gasteiger partial charge in [0.25, 0.3) is 0 Å². The zero-order chi connectivity index (χ0) is 18.5. The van der Waals surface area contributed by atoms with Crippen molar-refractivity contribution in [3.8, 4) is 0 Å². The number of anilines is 2. The van der Waals surface area contributed by atoms with Crippen LogP contribution < -0.4 is 10.2 Å². The van der Waals surface area contributed by atoms with Crippen molar-refractivity contribution in [2.45, 2.75) is 25.3 Å². The molecule has 3 aromatic carbocycles. The van der Waals surface area contributed by atoms with Crippen LogP contribution in [0.5, 0.6) is 0 Å². The van der Waals surface area contributed by atoms with Crippen molar-refractivity contribution in [2.24, 2.45) is 0 Å². The topological polar surface area (TPSA) is 32.3 Å². The van der Waals surface area contributed by atoms with E-state index in [1.165, 1.54) is 11.1 Å². The predicted octanol–water partition coefficient (Wildman–Crippen LogP) is 4.50. The lowest BCUT2D eigenvalue weighted by molar-refractivity contribution is -0.117. The first-order chi connectivity index (χ1) is 13.3. The second-order valence-corrected chi connectivity index (χ2v) is 6.98. The number of carbonyl (C=O) groups is 1. The lowest BCUT2D eigenvalue weighted by atomic mass is 10.1. The summed E-state index contributed by atoms with van der Waals surface area (Å²) in [6.07, 6.45) is 2.56. The summed E-state index contributed by atoms with van der Waals surface area (Å²) in [5.74, 6) is 0.107. The number of para-hydroxylation sites is 2. The van der Waals surface area contributed by atoms with E-state index in [-0.39, 0.29) is 5.91 Å². The minimum Gasteiger partial charge on any atom is -0.313 e. The van der Waals surface area contributed by atoms with Gasteiger partial charge in [-0.15, -0.1) is 0 Å². The van der Waals surface area contributed by atoms with Crippen LogP contribution in [-0.2, 0) is 17.6 Å². The maximum atomic E-state index is 13.0. The van der Waals surface area contributed by atoms with Crippen LogP contribution in [0.1, 0.15) is 17.5 Å². The molecule has 0 heterocycles. The van der Waals surface area contributed by atoms with E-state index in [4.69, 9.17) is 0 Å². The summed E-state index contributed by atoms with van der Waals surface area (Å²) < 4.78 is 0. The SMILES string of the molecule is O=C(CCNC1Cc2ccccc2C1)N(c1ccccc1)c1ccccc1. The number of rotatable bonds is 6. The lowest BCUT2D eigenvalue weighted by Gasteiger charge is -2.23. The molecule has 0 aromatic heterocycles. The standard InChI is InChI=1S/C24H24N2O/c27-24(15-16-25-21-17-19-9-7-8-10-20(19)18-21)26(22-11-3-1-4-12-22)23-13-5-2-6-14-23/h1-14,21,25H,15-18H2. The van der Waals surface area contributed by atoms with Gasteiger partial charge in [0, 0.05) is 30.4 Å². The molecule has 3 heteroatoms. The molecular formula is C24H24N2O. The Hall–Kier alpha value is -2.91. The Balaban J connectivity index is 1.40. The molecule has 1 amide bonds. The fourth-order valence-electron chi connectivity index (χ4n) is 3.79. The molecule has 0 unspecified atom stereocenters. The lowest BCUT2D eigenvalue weighted by Crippen LogP contribution is -2.34. The first kappa shape index (κ1) is 17.5. The van der Waals surface area contributed by atoms with Crippen molar-refractivity contribution in [2.75, 3.05) is 11.4 Å². The van der Waals surface area contributed by atoms with E-state index in [9.17, 15) is 4.79 Å². The molecule has 1 N–H and O–H groups in total. The second-order valence-electron chi connectivity index (χ2n) is 6.98. The summed E-state index contributed by atoms with van der Waals surface area (Å²) in [7, 11) is 0. The third-order valence-corrected chi connectivity index (χ3v) is 5.10. The van der Waals surface area contributed by atoms with Crippen molar-refractivity contribution < 1.29 is 4.79 Å². The van der Waals surface area contributed by atoms with Gasteiger partial charge in [0.2, 0.25) is 5.91 Å². The van der Waals surface area contributed by atoms with Gasteiger partial charge < -0.3 is 5.32 Å². The van der Waals surface area contributed by atoms with E-state index >= 15 is 0 Å². The van der Waals surface area contributed by atoms with Gasteiger partial charge in [-0.1, -0.05) is 60.7 Å². The van der Waals surface area contributed by atoms with Crippen LogP contribution in [0.4, 0.5) is 11.4 Å². The van der Waals surface area contributed by atoms with Crippen molar-refractivity contribution >= 4 is 17.3 Å². The highest BCUT2D eigenvalue weighted by atomic mass is 16.2. The van der Waals surface area contributed by atoms with Gasteiger partial charge in [0.15, 0.2) is 0 Å². The smallest absolute Gasteiger partial charge is 0.232 e. The van der Waals surface area contributed by atoms with Crippen LogP contribution in [0, 0.1) is 0 Å². The Labute approximate surface area is 160 Å². The minimum atomic E-state index is 0.107. The van der Waals surface area contributed by atoms with E-state index in [2.05, 4.69) is 29.6 Å². The van der Waals surface area contributed by atoms with Gasteiger partial charge >= 0.3 is 0 Å². The van der Waals surface area contributed by atoms with Crippen LogP contribution in [0.15, 0.2) is 84.9 Å². The molecule has 3 aromatic rings. The number of carbonyl (C=O) groups excluding carboxylic acids is 1.